The molecule has 1 rings (SSSR count). The third-order valence-corrected chi connectivity index (χ3v) is 2.37. The quantitative estimate of drug-likeness (QED) is 0.823. The van der Waals surface area contributed by atoms with Crippen LogP contribution < -0.4 is 10.1 Å². The number of hydrogen-bond acceptors (Lipinski definition) is 2. The van der Waals surface area contributed by atoms with Crippen LogP contribution in [0.3, 0.4) is 0 Å². The van der Waals surface area contributed by atoms with Crippen molar-refractivity contribution in [1.29, 1.82) is 0 Å². The van der Waals surface area contributed by atoms with E-state index in [0.717, 1.165) is 24.3 Å². The van der Waals surface area contributed by atoms with Crippen molar-refractivity contribution in [2.24, 2.45) is 0 Å². The van der Waals surface area contributed by atoms with E-state index in [1.54, 1.807) is 6.92 Å². The molecular weight excluding hydrogens is 288 g/mol. The van der Waals surface area contributed by atoms with Gasteiger partial charge in [-0.3, -0.25) is 0 Å². The normalized spacial score (nSPS) is 14.2. The third-order valence-electron chi connectivity index (χ3n) is 2.37. The molecule has 8 heteroatoms. The van der Waals surface area contributed by atoms with Gasteiger partial charge in [0.2, 0.25) is 0 Å². The van der Waals surface area contributed by atoms with Gasteiger partial charge >= 0.3 is 12.5 Å². The predicted octanol–water partition coefficient (Wildman–Crippen LogP) is 4.19. The molecule has 1 aromatic rings. The van der Waals surface area contributed by atoms with E-state index in [1.165, 1.54) is 0 Å². The maximum Gasteiger partial charge on any atom is 0.573 e. The summed E-state index contributed by atoms with van der Waals surface area (Å²) in [5, 5.41) is 2.31. The van der Waals surface area contributed by atoms with Crippen molar-refractivity contribution in [3.63, 3.8) is 0 Å². The summed E-state index contributed by atoms with van der Waals surface area (Å²) >= 11 is 0. The summed E-state index contributed by atoms with van der Waals surface area (Å²) in [6.07, 6.45) is -8.89. The molecule has 0 aliphatic rings. The van der Waals surface area contributed by atoms with E-state index in [2.05, 4.69) is 10.1 Å². The van der Waals surface area contributed by atoms with E-state index >= 15 is 0 Å². The molecule has 1 N–H and O–H groups in total. The fourth-order valence-electron chi connectivity index (χ4n) is 1.57. The molecule has 0 saturated carbocycles. The van der Waals surface area contributed by atoms with Crippen LogP contribution in [0.1, 0.15) is 24.9 Å². The van der Waals surface area contributed by atoms with E-state index in [1.807, 2.05) is 0 Å². The molecule has 1 aromatic carbocycles. The Morgan fingerprint density at radius 3 is 2.00 bits per heavy atom. The number of rotatable bonds is 5. The molecule has 0 heterocycles. The molecule has 1 unspecified atom stereocenters. The zero-order valence-electron chi connectivity index (χ0n) is 10.5. The SMILES string of the molecule is CCCNC(c1ccc(OC(F)(F)F)cc1)C(F)(F)F. The van der Waals surface area contributed by atoms with Gasteiger partial charge in [0.05, 0.1) is 0 Å². The minimum atomic E-state index is -4.87. The summed E-state index contributed by atoms with van der Waals surface area (Å²) in [6, 6.07) is 1.72. The smallest absolute Gasteiger partial charge is 0.406 e. The number of benzene rings is 1. The Hall–Kier alpha value is -1.44. The molecule has 20 heavy (non-hydrogen) atoms. The van der Waals surface area contributed by atoms with Crippen LogP contribution in [0.15, 0.2) is 24.3 Å². The lowest BCUT2D eigenvalue weighted by molar-refractivity contribution is -0.274. The van der Waals surface area contributed by atoms with Crippen LogP contribution >= 0.6 is 0 Å². The van der Waals surface area contributed by atoms with Gasteiger partial charge in [-0.15, -0.1) is 13.2 Å². The van der Waals surface area contributed by atoms with Gasteiger partial charge in [-0.25, -0.2) is 0 Å². The second-order valence-corrected chi connectivity index (χ2v) is 4.05. The monoisotopic (exact) mass is 301 g/mol. The fraction of sp³-hybridized carbons (Fsp3) is 0.500. The van der Waals surface area contributed by atoms with Gasteiger partial charge in [0.25, 0.3) is 0 Å². The first-order valence-corrected chi connectivity index (χ1v) is 5.79. The van der Waals surface area contributed by atoms with E-state index < -0.39 is 24.3 Å². The molecule has 0 aromatic heterocycles. The van der Waals surface area contributed by atoms with Crippen LogP contribution in [0.5, 0.6) is 5.75 Å². The van der Waals surface area contributed by atoms with Crippen molar-refractivity contribution in [2.75, 3.05) is 6.54 Å². The first-order valence-electron chi connectivity index (χ1n) is 5.79. The Morgan fingerprint density at radius 2 is 1.60 bits per heavy atom. The summed E-state index contributed by atoms with van der Waals surface area (Å²) < 4.78 is 77.9. The minimum Gasteiger partial charge on any atom is -0.406 e. The average molecular weight is 301 g/mol. The van der Waals surface area contributed by atoms with Gasteiger partial charge in [-0.2, -0.15) is 13.2 Å². The van der Waals surface area contributed by atoms with E-state index in [9.17, 15) is 26.3 Å². The van der Waals surface area contributed by atoms with Gasteiger partial charge in [0.1, 0.15) is 11.8 Å². The molecule has 0 amide bonds. The highest BCUT2D eigenvalue weighted by Crippen LogP contribution is 2.33. The number of hydrogen-bond donors (Lipinski definition) is 1. The van der Waals surface area contributed by atoms with Crippen molar-refractivity contribution in [1.82, 2.24) is 5.32 Å². The van der Waals surface area contributed by atoms with Crippen molar-refractivity contribution >= 4 is 0 Å². The lowest BCUT2D eigenvalue weighted by Crippen LogP contribution is -2.34. The van der Waals surface area contributed by atoms with Crippen molar-refractivity contribution in [3.05, 3.63) is 29.8 Å². The van der Waals surface area contributed by atoms with Gasteiger partial charge < -0.3 is 10.1 Å². The number of halogens is 6. The summed E-state index contributed by atoms with van der Waals surface area (Å²) in [6.45, 7) is 1.85. The van der Waals surface area contributed by atoms with Crippen LogP contribution in [0, 0.1) is 0 Å². The number of alkyl halides is 6. The molecular formula is C12H13F6NO. The van der Waals surface area contributed by atoms with Gasteiger partial charge in [0.15, 0.2) is 0 Å². The first kappa shape index (κ1) is 16.6. The maximum atomic E-state index is 12.8. The molecule has 0 saturated heterocycles. The fourth-order valence-corrected chi connectivity index (χ4v) is 1.57. The molecule has 0 radical (unpaired) electrons. The van der Waals surface area contributed by atoms with Crippen LogP contribution in [0.25, 0.3) is 0 Å². The van der Waals surface area contributed by atoms with E-state index in [0.29, 0.717) is 6.42 Å². The minimum absolute atomic E-state index is 0.144. The first-order chi connectivity index (χ1) is 9.13. The van der Waals surface area contributed by atoms with Crippen LogP contribution in [0.2, 0.25) is 0 Å². The summed E-state index contributed by atoms with van der Waals surface area (Å²) in [5.41, 5.74) is -0.166. The predicted molar refractivity (Wildman–Crippen MR) is 60.2 cm³/mol. The standard InChI is InChI=1S/C12H13F6NO/c1-2-7-19-10(11(13,14)15)8-3-5-9(6-4-8)20-12(16,17)18/h3-6,10,19H,2,7H2,1H3. The Kier molecular flexibility index (Phi) is 5.27. The third kappa shape index (κ3) is 5.28. The number of nitrogens with one attached hydrogen (secondary N) is 1. The Labute approximate surface area is 111 Å². The highest BCUT2D eigenvalue weighted by atomic mass is 19.4. The summed E-state index contributed by atoms with van der Waals surface area (Å²) in [4.78, 5) is 0. The Morgan fingerprint density at radius 1 is 1.05 bits per heavy atom. The molecule has 0 fully saturated rings. The summed E-state index contributed by atoms with van der Waals surface area (Å²) in [5.74, 6) is -0.558. The van der Waals surface area contributed by atoms with Crippen molar-refractivity contribution < 1.29 is 31.1 Å². The highest BCUT2D eigenvalue weighted by molar-refractivity contribution is 5.30. The zero-order valence-corrected chi connectivity index (χ0v) is 10.5. The van der Waals surface area contributed by atoms with E-state index in [4.69, 9.17) is 0 Å². The Bertz CT molecular complexity index is 411. The Balaban J connectivity index is 2.88. The lowest BCUT2D eigenvalue weighted by Gasteiger charge is -2.22. The van der Waals surface area contributed by atoms with Crippen LogP contribution in [0.4, 0.5) is 26.3 Å². The maximum absolute atomic E-state index is 12.8. The van der Waals surface area contributed by atoms with Crippen molar-refractivity contribution in [3.8, 4) is 5.75 Å². The van der Waals surface area contributed by atoms with Crippen LogP contribution in [-0.2, 0) is 0 Å². The molecule has 0 aliphatic carbocycles. The van der Waals surface area contributed by atoms with Gasteiger partial charge in [-0.1, -0.05) is 19.1 Å². The molecule has 0 bridgehead atoms. The zero-order chi connectivity index (χ0) is 15.4. The largest absolute Gasteiger partial charge is 0.573 e. The average Bonchev–Trinajstić information content (AvgIpc) is 2.28. The number of ether oxygens (including phenoxy) is 1. The topological polar surface area (TPSA) is 21.3 Å². The van der Waals surface area contributed by atoms with Gasteiger partial charge in [-0.05, 0) is 30.7 Å². The van der Waals surface area contributed by atoms with Crippen molar-refractivity contribution in [2.45, 2.75) is 31.9 Å². The molecule has 0 aliphatic heterocycles. The lowest BCUT2D eigenvalue weighted by atomic mass is 10.1. The second-order valence-electron chi connectivity index (χ2n) is 4.05. The molecule has 2 nitrogen and oxygen atoms in total. The summed E-state index contributed by atoms with van der Waals surface area (Å²) in [7, 11) is 0. The van der Waals surface area contributed by atoms with Crippen LogP contribution in [-0.4, -0.2) is 19.1 Å². The molecule has 1 atom stereocenters. The van der Waals surface area contributed by atoms with Gasteiger partial charge in [0, 0.05) is 0 Å². The second kappa shape index (κ2) is 6.34. The van der Waals surface area contributed by atoms with E-state index in [-0.39, 0.29) is 12.1 Å². The molecule has 114 valence electrons. The molecule has 0 spiro atoms. The highest BCUT2D eigenvalue weighted by Gasteiger charge is 2.40.